The van der Waals surface area contributed by atoms with E-state index in [4.69, 9.17) is 5.73 Å². The van der Waals surface area contributed by atoms with Gasteiger partial charge in [-0.05, 0) is 34.5 Å². The van der Waals surface area contributed by atoms with Crippen molar-refractivity contribution in [2.45, 2.75) is 19.1 Å². The fraction of sp³-hybridized carbons (Fsp3) is 0.375. The van der Waals surface area contributed by atoms with Gasteiger partial charge in [0, 0.05) is 10.7 Å². The van der Waals surface area contributed by atoms with Gasteiger partial charge in [-0.1, -0.05) is 0 Å². The Labute approximate surface area is 87.4 Å². The van der Waals surface area contributed by atoms with E-state index >= 15 is 0 Å². The number of alkyl halides is 3. The zero-order chi connectivity index (χ0) is 10.9. The van der Waals surface area contributed by atoms with Gasteiger partial charge in [0.25, 0.3) is 0 Å². The molecule has 0 saturated carbocycles. The topological polar surface area (TPSA) is 38.9 Å². The Morgan fingerprint density at radius 3 is 2.50 bits per heavy atom. The highest BCUT2D eigenvalue weighted by Crippen LogP contribution is 2.33. The quantitative estimate of drug-likeness (QED) is 0.851. The Kier molecular flexibility index (Phi) is 3.16. The predicted octanol–water partition coefficient (Wildman–Crippen LogP) is 2.71. The van der Waals surface area contributed by atoms with Crippen molar-refractivity contribution in [2.24, 2.45) is 5.73 Å². The van der Waals surface area contributed by atoms with Crippen LogP contribution in [0.1, 0.15) is 17.3 Å². The molecule has 1 aromatic heterocycles. The number of nitrogens with zero attached hydrogens (tertiary/aromatic N) is 1. The van der Waals surface area contributed by atoms with Crippen molar-refractivity contribution in [1.82, 2.24) is 4.98 Å². The Morgan fingerprint density at radius 1 is 1.50 bits per heavy atom. The molecule has 78 valence electrons. The van der Waals surface area contributed by atoms with Gasteiger partial charge in [0.2, 0.25) is 0 Å². The number of hydrogen-bond acceptors (Lipinski definition) is 2. The second-order valence-corrected chi connectivity index (χ2v) is 3.75. The van der Waals surface area contributed by atoms with Crippen LogP contribution in [0.2, 0.25) is 0 Å². The van der Waals surface area contributed by atoms with Crippen LogP contribution >= 0.6 is 15.9 Å². The van der Waals surface area contributed by atoms with Crippen LogP contribution in [0.3, 0.4) is 0 Å². The number of pyridine rings is 1. The molecule has 0 aliphatic carbocycles. The minimum atomic E-state index is -4.47. The third kappa shape index (κ3) is 2.45. The Morgan fingerprint density at radius 2 is 2.07 bits per heavy atom. The average Bonchev–Trinajstić information content (AvgIpc) is 2.01. The summed E-state index contributed by atoms with van der Waals surface area (Å²) < 4.78 is 37.0. The summed E-state index contributed by atoms with van der Waals surface area (Å²) >= 11 is 3.00. The number of aromatic nitrogens is 1. The number of halogens is 4. The fourth-order valence-electron chi connectivity index (χ4n) is 0.928. The highest BCUT2D eigenvalue weighted by atomic mass is 79.9. The molecule has 1 aromatic rings. The van der Waals surface area contributed by atoms with E-state index in [0.717, 1.165) is 5.56 Å². The first-order valence-corrected chi connectivity index (χ1v) is 4.56. The maximum Gasteiger partial charge on any atom is 0.409 e. The molecular weight excluding hydrogens is 261 g/mol. The fourth-order valence-corrected chi connectivity index (χ4v) is 1.64. The van der Waals surface area contributed by atoms with Gasteiger partial charge in [-0.2, -0.15) is 13.2 Å². The third-order valence-electron chi connectivity index (χ3n) is 1.65. The summed E-state index contributed by atoms with van der Waals surface area (Å²) in [6.45, 7) is 1.74. The minimum absolute atomic E-state index is 0.192. The molecule has 0 aliphatic rings. The summed E-state index contributed by atoms with van der Waals surface area (Å²) in [5.41, 5.74) is 5.59. The van der Waals surface area contributed by atoms with E-state index < -0.39 is 12.2 Å². The molecule has 0 spiro atoms. The zero-order valence-electron chi connectivity index (χ0n) is 7.27. The molecule has 2 nitrogen and oxygen atoms in total. The van der Waals surface area contributed by atoms with Gasteiger partial charge in [0.15, 0.2) is 0 Å². The highest BCUT2D eigenvalue weighted by molar-refractivity contribution is 9.10. The standard InChI is InChI=1S/C8H8BrF3N2/c1-4-2-5(9)6(14-3-4)7(13)8(10,11)12/h2-3,7H,13H2,1H3/t7-/m0/s1. The molecule has 0 aromatic carbocycles. The summed E-state index contributed by atoms with van der Waals surface area (Å²) in [5, 5.41) is 0. The number of rotatable bonds is 1. The molecule has 1 atom stereocenters. The van der Waals surface area contributed by atoms with Gasteiger partial charge in [0.1, 0.15) is 6.04 Å². The largest absolute Gasteiger partial charge is 0.409 e. The van der Waals surface area contributed by atoms with Crippen LogP contribution in [0.4, 0.5) is 13.2 Å². The smallest absolute Gasteiger partial charge is 0.315 e. The lowest BCUT2D eigenvalue weighted by atomic mass is 10.2. The van der Waals surface area contributed by atoms with Crippen molar-refractivity contribution in [1.29, 1.82) is 0 Å². The van der Waals surface area contributed by atoms with Crippen molar-refractivity contribution < 1.29 is 13.2 Å². The van der Waals surface area contributed by atoms with E-state index in [0.29, 0.717) is 0 Å². The summed E-state index contributed by atoms with van der Waals surface area (Å²) in [7, 11) is 0. The summed E-state index contributed by atoms with van der Waals surface area (Å²) in [5.74, 6) is 0. The Balaban J connectivity index is 3.08. The first-order chi connectivity index (χ1) is 6.32. The Hall–Kier alpha value is -0.620. The summed E-state index contributed by atoms with van der Waals surface area (Å²) in [6.07, 6.45) is -3.11. The normalized spacial score (nSPS) is 14.1. The molecule has 0 radical (unpaired) electrons. The van der Waals surface area contributed by atoms with Gasteiger partial charge in [-0.25, -0.2) is 0 Å². The van der Waals surface area contributed by atoms with E-state index in [1.54, 1.807) is 13.0 Å². The molecule has 6 heteroatoms. The zero-order valence-corrected chi connectivity index (χ0v) is 8.85. The van der Waals surface area contributed by atoms with Crippen LogP contribution in [-0.2, 0) is 0 Å². The van der Waals surface area contributed by atoms with Crippen LogP contribution in [0.25, 0.3) is 0 Å². The van der Waals surface area contributed by atoms with Gasteiger partial charge in [0.05, 0.1) is 5.69 Å². The third-order valence-corrected chi connectivity index (χ3v) is 2.29. The summed E-state index contributed by atoms with van der Waals surface area (Å²) in [4.78, 5) is 3.65. The molecule has 0 amide bonds. The SMILES string of the molecule is Cc1cnc([C@H](N)C(F)(F)F)c(Br)c1. The number of aryl methyl sites for hydroxylation is 1. The maximum atomic E-state index is 12.2. The van der Waals surface area contributed by atoms with E-state index in [9.17, 15) is 13.2 Å². The van der Waals surface area contributed by atoms with E-state index in [1.165, 1.54) is 6.20 Å². The van der Waals surface area contributed by atoms with Crippen molar-refractivity contribution in [3.05, 3.63) is 28.0 Å². The molecule has 0 fully saturated rings. The predicted molar refractivity (Wildman–Crippen MR) is 49.7 cm³/mol. The van der Waals surface area contributed by atoms with Crippen LogP contribution in [-0.4, -0.2) is 11.2 Å². The van der Waals surface area contributed by atoms with E-state index in [1.807, 2.05) is 0 Å². The molecular formula is C8H8BrF3N2. The molecule has 14 heavy (non-hydrogen) atoms. The number of hydrogen-bond donors (Lipinski definition) is 1. The van der Waals surface area contributed by atoms with Gasteiger partial charge >= 0.3 is 6.18 Å². The molecule has 2 N–H and O–H groups in total. The van der Waals surface area contributed by atoms with E-state index in [2.05, 4.69) is 20.9 Å². The lowest BCUT2D eigenvalue weighted by Gasteiger charge is -2.16. The molecule has 1 heterocycles. The van der Waals surface area contributed by atoms with Crippen LogP contribution in [0.5, 0.6) is 0 Å². The first-order valence-electron chi connectivity index (χ1n) is 3.76. The molecule has 1 rings (SSSR count). The van der Waals surface area contributed by atoms with Gasteiger partial charge in [-0.15, -0.1) is 0 Å². The lowest BCUT2D eigenvalue weighted by molar-refractivity contribution is -0.150. The second kappa shape index (κ2) is 3.86. The molecule has 0 saturated heterocycles. The van der Waals surface area contributed by atoms with Crippen LogP contribution < -0.4 is 5.73 Å². The van der Waals surface area contributed by atoms with Crippen LogP contribution in [0, 0.1) is 6.92 Å². The maximum absolute atomic E-state index is 12.2. The number of nitrogens with two attached hydrogens (primary N) is 1. The van der Waals surface area contributed by atoms with Crippen molar-refractivity contribution >= 4 is 15.9 Å². The van der Waals surface area contributed by atoms with Crippen molar-refractivity contribution in [2.75, 3.05) is 0 Å². The van der Waals surface area contributed by atoms with Crippen molar-refractivity contribution in [3.63, 3.8) is 0 Å². The van der Waals surface area contributed by atoms with Crippen LogP contribution in [0.15, 0.2) is 16.7 Å². The first kappa shape index (κ1) is 11.5. The highest BCUT2D eigenvalue weighted by Gasteiger charge is 2.39. The minimum Gasteiger partial charge on any atom is -0.315 e. The average molecular weight is 269 g/mol. The molecule has 0 unspecified atom stereocenters. The van der Waals surface area contributed by atoms with Gasteiger partial charge in [-0.3, -0.25) is 4.98 Å². The van der Waals surface area contributed by atoms with Gasteiger partial charge < -0.3 is 5.73 Å². The summed E-state index contributed by atoms with van der Waals surface area (Å²) in [6, 6.07) is -0.494. The van der Waals surface area contributed by atoms with E-state index in [-0.39, 0.29) is 10.2 Å². The second-order valence-electron chi connectivity index (χ2n) is 2.90. The monoisotopic (exact) mass is 268 g/mol. The van der Waals surface area contributed by atoms with Crippen molar-refractivity contribution in [3.8, 4) is 0 Å². The Bertz CT molecular complexity index is 338. The molecule has 0 bridgehead atoms. The lowest BCUT2D eigenvalue weighted by Crippen LogP contribution is -2.29. The molecule has 0 aliphatic heterocycles.